The molecule has 0 fully saturated rings. The van der Waals surface area contributed by atoms with E-state index < -0.39 is 10.1 Å². The Morgan fingerprint density at radius 1 is 1.08 bits per heavy atom. The lowest BCUT2D eigenvalue weighted by Gasteiger charge is -2.37. The summed E-state index contributed by atoms with van der Waals surface area (Å²) in [5, 5.41) is 0.244. The van der Waals surface area contributed by atoms with Gasteiger partial charge in [0.2, 0.25) is 0 Å². The summed E-state index contributed by atoms with van der Waals surface area (Å²) in [7, 11) is -3.92. The number of rotatable bonds is 3. The molecule has 0 aliphatic carbocycles. The van der Waals surface area contributed by atoms with Gasteiger partial charge in [-0.1, -0.05) is 17.7 Å². The van der Waals surface area contributed by atoms with Crippen LogP contribution in [-0.2, 0) is 23.0 Å². The largest absolute Gasteiger partial charge is 0.379 e. The minimum atomic E-state index is -3.92. The molecule has 5 nitrogen and oxygen atoms in total. The Kier molecular flexibility index (Phi) is 3.89. The monoisotopic (exact) mass is 364 g/mol. The van der Waals surface area contributed by atoms with Crippen molar-refractivity contribution in [1.82, 2.24) is 4.98 Å². The number of anilines is 1. The van der Waals surface area contributed by atoms with Crippen LogP contribution in [0.4, 0.5) is 5.69 Å². The van der Waals surface area contributed by atoms with Gasteiger partial charge in [0, 0.05) is 24.3 Å². The van der Waals surface area contributed by atoms with Gasteiger partial charge in [-0.2, -0.15) is 8.42 Å². The lowest BCUT2D eigenvalue weighted by atomic mass is 9.91. The van der Waals surface area contributed by atoms with E-state index in [1.165, 1.54) is 29.6 Å². The molecule has 3 heterocycles. The summed E-state index contributed by atoms with van der Waals surface area (Å²) in [5.74, 6) is 0.426. The first kappa shape index (κ1) is 15.7. The molecule has 24 heavy (non-hydrogen) atoms. The van der Waals surface area contributed by atoms with Gasteiger partial charge in [0.1, 0.15) is 15.8 Å². The molecule has 126 valence electrons. The predicted molar refractivity (Wildman–Crippen MR) is 92.4 cm³/mol. The van der Waals surface area contributed by atoms with Gasteiger partial charge in [-0.25, -0.2) is 4.98 Å². The zero-order valence-electron chi connectivity index (χ0n) is 13.0. The summed E-state index contributed by atoms with van der Waals surface area (Å²) in [5.41, 5.74) is 3.47. The summed E-state index contributed by atoms with van der Waals surface area (Å²) >= 11 is 5.72. The van der Waals surface area contributed by atoms with E-state index in [0.717, 1.165) is 44.3 Å². The third-order valence-electron chi connectivity index (χ3n) is 4.56. The van der Waals surface area contributed by atoms with E-state index in [1.807, 2.05) is 6.07 Å². The Labute approximate surface area is 146 Å². The lowest BCUT2D eigenvalue weighted by Crippen LogP contribution is -2.34. The fourth-order valence-electron chi connectivity index (χ4n) is 3.50. The number of hydrogen-bond acceptors (Lipinski definition) is 5. The van der Waals surface area contributed by atoms with Crippen LogP contribution < -0.4 is 9.08 Å². The fraction of sp³-hybridized carbons (Fsp3) is 0.353. The molecule has 4 rings (SSSR count). The summed E-state index contributed by atoms with van der Waals surface area (Å²) in [6.07, 6.45) is 5.24. The number of benzene rings is 1. The van der Waals surface area contributed by atoms with Crippen molar-refractivity contribution in [3.8, 4) is 5.75 Å². The van der Waals surface area contributed by atoms with Crippen LogP contribution in [0.1, 0.15) is 24.0 Å². The van der Waals surface area contributed by atoms with Gasteiger partial charge >= 0.3 is 10.1 Å². The number of hydrogen-bond donors (Lipinski definition) is 0. The highest BCUT2D eigenvalue weighted by Gasteiger charge is 2.28. The molecule has 2 aliphatic rings. The molecule has 7 heteroatoms. The molecule has 0 spiro atoms. The standard InChI is InChI=1S/C17H17ClN2O3S/c18-16-8-6-13(11-19-16)24(21,22)23-15-7-5-12-3-1-9-20-10-2-4-14(15)17(12)20/h5-8,11H,1-4,9-10H2. The molecule has 0 radical (unpaired) electrons. The zero-order valence-corrected chi connectivity index (χ0v) is 14.6. The van der Waals surface area contributed by atoms with Crippen molar-refractivity contribution in [2.45, 2.75) is 30.6 Å². The van der Waals surface area contributed by atoms with Crippen molar-refractivity contribution in [3.05, 3.63) is 46.7 Å². The molecule has 0 amide bonds. The van der Waals surface area contributed by atoms with Crippen molar-refractivity contribution in [2.75, 3.05) is 18.0 Å². The van der Waals surface area contributed by atoms with Gasteiger partial charge in [-0.05, 0) is 49.4 Å². The van der Waals surface area contributed by atoms with Crippen LogP contribution in [0.15, 0.2) is 35.4 Å². The third-order valence-corrected chi connectivity index (χ3v) is 6.00. The molecular weight excluding hydrogens is 348 g/mol. The zero-order chi connectivity index (χ0) is 16.7. The van der Waals surface area contributed by atoms with E-state index in [1.54, 1.807) is 6.07 Å². The number of aromatic nitrogens is 1. The van der Waals surface area contributed by atoms with Crippen LogP contribution in [0.3, 0.4) is 0 Å². The molecule has 0 N–H and O–H groups in total. The quantitative estimate of drug-likeness (QED) is 0.618. The molecule has 1 aromatic carbocycles. The lowest BCUT2D eigenvalue weighted by molar-refractivity contribution is 0.479. The van der Waals surface area contributed by atoms with Crippen LogP contribution in [0.25, 0.3) is 0 Å². The number of nitrogens with zero attached hydrogens (tertiary/aromatic N) is 2. The van der Waals surface area contributed by atoms with Gasteiger partial charge in [-0.15, -0.1) is 0 Å². The Morgan fingerprint density at radius 3 is 2.62 bits per heavy atom. The van der Waals surface area contributed by atoms with Crippen molar-refractivity contribution in [2.24, 2.45) is 0 Å². The average Bonchev–Trinajstić information content (AvgIpc) is 2.58. The van der Waals surface area contributed by atoms with E-state index in [2.05, 4.69) is 9.88 Å². The van der Waals surface area contributed by atoms with Crippen LogP contribution in [-0.4, -0.2) is 26.5 Å². The summed E-state index contributed by atoms with van der Waals surface area (Å²) in [4.78, 5) is 6.17. The second-order valence-corrected chi connectivity index (χ2v) is 8.03. The van der Waals surface area contributed by atoms with Crippen molar-refractivity contribution < 1.29 is 12.6 Å². The highest BCUT2D eigenvalue weighted by atomic mass is 35.5. The maximum absolute atomic E-state index is 12.5. The number of halogens is 1. The fourth-order valence-corrected chi connectivity index (χ4v) is 4.52. The van der Waals surface area contributed by atoms with Crippen molar-refractivity contribution in [3.63, 3.8) is 0 Å². The molecule has 1 aromatic heterocycles. The molecule has 2 aromatic rings. The van der Waals surface area contributed by atoms with E-state index in [9.17, 15) is 8.42 Å². The Hall–Kier alpha value is -1.79. The molecule has 0 unspecified atom stereocenters. The third kappa shape index (κ3) is 2.74. The van der Waals surface area contributed by atoms with Crippen LogP contribution >= 0.6 is 11.6 Å². The highest BCUT2D eigenvalue weighted by Crippen LogP contribution is 2.40. The van der Waals surface area contributed by atoms with E-state index in [0.29, 0.717) is 5.75 Å². The van der Waals surface area contributed by atoms with Crippen LogP contribution in [0.2, 0.25) is 5.15 Å². The van der Waals surface area contributed by atoms with Gasteiger partial charge in [-0.3, -0.25) is 0 Å². The first-order valence-electron chi connectivity index (χ1n) is 8.00. The van der Waals surface area contributed by atoms with Gasteiger partial charge < -0.3 is 9.08 Å². The van der Waals surface area contributed by atoms with Gasteiger partial charge in [0.05, 0.1) is 6.20 Å². The van der Waals surface area contributed by atoms with E-state index >= 15 is 0 Å². The van der Waals surface area contributed by atoms with Crippen LogP contribution in [0, 0.1) is 0 Å². The molecule has 0 saturated carbocycles. The van der Waals surface area contributed by atoms with Crippen molar-refractivity contribution >= 4 is 27.4 Å². The van der Waals surface area contributed by atoms with Crippen LogP contribution in [0.5, 0.6) is 5.75 Å². The maximum atomic E-state index is 12.5. The second-order valence-electron chi connectivity index (χ2n) is 6.10. The summed E-state index contributed by atoms with van der Waals surface area (Å²) in [6.45, 7) is 2.05. The molecule has 2 aliphatic heterocycles. The molecule has 0 atom stereocenters. The molecule has 0 saturated heterocycles. The SMILES string of the molecule is O=S(=O)(Oc1ccc2c3c1CCCN3CCC2)c1ccc(Cl)nc1. The summed E-state index contributed by atoms with van der Waals surface area (Å²) in [6, 6.07) is 6.61. The molecular formula is C17H17ClN2O3S. The predicted octanol–water partition coefficient (Wildman–Crippen LogP) is 3.20. The Bertz CT molecular complexity index is 879. The average molecular weight is 365 g/mol. The Morgan fingerprint density at radius 2 is 1.88 bits per heavy atom. The maximum Gasteiger partial charge on any atom is 0.340 e. The normalized spacial score (nSPS) is 16.6. The first-order valence-corrected chi connectivity index (χ1v) is 9.79. The smallest absolute Gasteiger partial charge is 0.340 e. The minimum Gasteiger partial charge on any atom is -0.379 e. The second kappa shape index (κ2) is 5.93. The van der Waals surface area contributed by atoms with E-state index in [4.69, 9.17) is 15.8 Å². The number of aryl methyl sites for hydroxylation is 1. The number of pyridine rings is 1. The minimum absolute atomic E-state index is 0.00415. The first-order chi connectivity index (χ1) is 11.5. The molecule has 0 bridgehead atoms. The Balaban J connectivity index is 1.73. The van der Waals surface area contributed by atoms with Crippen molar-refractivity contribution in [1.29, 1.82) is 0 Å². The van der Waals surface area contributed by atoms with Gasteiger partial charge in [0.25, 0.3) is 0 Å². The topological polar surface area (TPSA) is 59.5 Å². The highest BCUT2D eigenvalue weighted by molar-refractivity contribution is 7.87. The van der Waals surface area contributed by atoms with Gasteiger partial charge in [0.15, 0.2) is 0 Å². The van der Waals surface area contributed by atoms with E-state index in [-0.39, 0.29) is 10.0 Å². The summed E-state index contributed by atoms with van der Waals surface area (Å²) < 4.78 is 30.5.